The lowest BCUT2D eigenvalue weighted by molar-refractivity contribution is -0.127. The highest BCUT2D eigenvalue weighted by molar-refractivity contribution is 9.10. The standard InChI is InChI=1S/C15H14BrFN2OS/c1-19(9-11-2-5-13(17)6-3-11)15(20)10-21-14-7-4-12(16)8-18-14/h2-8H,9-10H2,1H3. The third-order valence-electron chi connectivity index (χ3n) is 2.80. The average Bonchev–Trinajstić information content (AvgIpc) is 2.48. The first-order chi connectivity index (χ1) is 10.0. The van der Waals surface area contributed by atoms with Gasteiger partial charge < -0.3 is 4.90 Å². The Bertz CT molecular complexity index is 604. The third kappa shape index (κ3) is 5.13. The highest BCUT2D eigenvalue weighted by atomic mass is 79.9. The predicted molar refractivity (Wildman–Crippen MR) is 85.5 cm³/mol. The molecule has 0 aliphatic rings. The van der Waals surface area contributed by atoms with Crippen LogP contribution >= 0.6 is 27.7 Å². The highest BCUT2D eigenvalue weighted by Crippen LogP contribution is 2.18. The first kappa shape index (κ1) is 16.0. The zero-order valence-electron chi connectivity index (χ0n) is 11.4. The topological polar surface area (TPSA) is 33.2 Å². The molecular weight excluding hydrogens is 355 g/mol. The molecular formula is C15H14BrFN2OS. The van der Waals surface area contributed by atoms with E-state index in [9.17, 15) is 9.18 Å². The summed E-state index contributed by atoms with van der Waals surface area (Å²) >= 11 is 4.71. The molecule has 0 spiro atoms. The second-order valence-corrected chi connectivity index (χ2v) is 6.39. The monoisotopic (exact) mass is 368 g/mol. The van der Waals surface area contributed by atoms with Gasteiger partial charge in [0, 0.05) is 24.3 Å². The van der Waals surface area contributed by atoms with E-state index < -0.39 is 0 Å². The molecule has 21 heavy (non-hydrogen) atoms. The van der Waals surface area contributed by atoms with Gasteiger partial charge in [-0.05, 0) is 45.8 Å². The Morgan fingerprint density at radius 3 is 2.62 bits per heavy atom. The van der Waals surface area contributed by atoms with Gasteiger partial charge >= 0.3 is 0 Å². The van der Waals surface area contributed by atoms with Crippen LogP contribution in [0.1, 0.15) is 5.56 Å². The molecule has 0 radical (unpaired) electrons. The van der Waals surface area contributed by atoms with Crippen molar-refractivity contribution < 1.29 is 9.18 Å². The number of benzene rings is 1. The van der Waals surface area contributed by atoms with Crippen LogP contribution in [0.25, 0.3) is 0 Å². The van der Waals surface area contributed by atoms with Crippen LogP contribution in [-0.4, -0.2) is 28.6 Å². The number of aromatic nitrogens is 1. The van der Waals surface area contributed by atoms with Gasteiger partial charge in [0.15, 0.2) is 0 Å². The molecule has 0 aliphatic heterocycles. The SMILES string of the molecule is CN(Cc1ccc(F)cc1)C(=O)CSc1ccc(Br)cn1. The van der Waals surface area contributed by atoms with Crippen LogP contribution in [0.2, 0.25) is 0 Å². The summed E-state index contributed by atoms with van der Waals surface area (Å²) in [4.78, 5) is 17.9. The number of rotatable bonds is 5. The molecule has 1 heterocycles. The van der Waals surface area contributed by atoms with Crippen molar-refractivity contribution in [2.24, 2.45) is 0 Å². The third-order valence-corrected chi connectivity index (χ3v) is 4.20. The van der Waals surface area contributed by atoms with Gasteiger partial charge in [0.2, 0.25) is 5.91 Å². The average molecular weight is 369 g/mol. The number of amides is 1. The summed E-state index contributed by atoms with van der Waals surface area (Å²) in [5.74, 6) is 0.0606. The van der Waals surface area contributed by atoms with Crippen molar-refractivity contribution in [2.45, 2.75) is 11.6 Å². The maximum absolute atomic E-state index is 12.8. The number of pyridine rings is 1. The molecule has 2 rings (SSSR count). The molecule has 110 valence electrons. The lowest BCUT2D eigenvalue weighted by atomic mass is 10.2. The molecule has 0 N–H and O–H groups in total. The fourth-order valence-electron chi connectivity index (χ4n) is 1.65. The van der Waals surface area contributed by atoms with E-state index in [0.29, 0.717) is 12.3 Å². The molecule has 0 saturated heterocycles. The molecule has 0 atom stereocenters. The number of carbonyl (C=O) groups excluding carboxylic acids is 1. The largest absolute Gasteiger partial charge is 0.341 e. The van der Waals surface area contributed by atoms with E-state index in [4.69, 9.17) is 0 Å². The first-order valence-corrected chi connectivity index (χ1v) is 8.05. The number of thioether (sulfide) groups is 1. The van der Waals surface area contributed by atoms with Crippen molar-refractivity contribution in [2.75, 3.05) is 12.8 Å². The number of hydrogen-bond acceptors (Lipinski definition) is 3. The molecule has 0 bridgehead atoms. The van der Waals surface area contributed by atoms with E-state index >= 15 is 0 Å². The van der Waals surface area contributed by atoms with Gasteiger partial charge in [-0.3, -0.25) is 4.79 Å². The van der Waals surface area contributed by atoms with Gasteiger partial charge in [0.1, 0.15) is 5.82 Å². The summed E-state index contributed by atoms with van der Waals surface area (Å²) in [6.07, 6.45) is 1.70. The molecule has 0 aliphatic carbocycles. The quantitative estimate of drug-likeness (QED) is 0.753. The number of halogens is 2. The first-order valence-electron chi connectivity index (χ1n) is 6.27. The summed E-state index contributed by atoms with van der Waals surface area (Å²) in [5.41, 5.74) is 0.902. The molecule has 2 aromatic rings. The Labute approximate surface area is 135 Å². The van der Waals surface area contributed by atoms with Crippen LogP contribution in [0.4, 0.5) is 4.39 Å². The van der Waals surface area contributed by atoms with Gasteiger partial charge in [-0.1, -0.05) is 23.9 Å². The van der Waals surface area contributed by atoms with E-state index in [-0.39, 0.29) is 11.7 Å². The minimum absolute atomic E-state index is 0.00837. The summed E-state index contributed by atoms with van der Waals surface area (Å²) in [6, 6.07) is 9.91. The minimum Gasteiger partial charge on any atom is -0.341 e. The molecule has 0 saturated carbocycles. The molecule has 1 aromatic carbocycles. The van der Waals surface area contributed by atoms with Crippen LogP contribution in [-0.2, 0) is 11.3 Å². The zero-order chi connectivity index (χ0) is 15.2. The van der Waals surface area contributed by atoms with Gasteiger partial charge in [-0.25, -0.2) is 9.37 Å². The van der Waals surface area contributed by atoms with E-state index in [1.165, 1.54) is 23.9 Å². The Morgan fingerprint density at radius 2 is 2.00 bits per heavy atom. The van der Waals surface area contributed by atoms with Crippen molar-refractivity contribution in [3.05, 3.63) is 58.4 Å². The zero-order valence-corrected chi connectivity index (χ0v) is 13.8. The van der Waals surface area contributed by atoms with Crippen LogP contribution in [0, 0.1) is 5.82 Å². The Balaban J connectivity index is 1.84. The number of carbonyl (C=O) groups is 1. The second kappa shape index (κ2) is 7.56. The molecule has 3 nitrogen and oxygen atoms in total. The lowest BCUT2D eigenvalue weighted by Gasteiger charge is -2.17. The fraction of sp³-hybridized carbons (Fsp3) is 0.200. The van der Waals surface area contributed by atoms with Gasteiger partial charge in [0.25, 0.3) is 0 Å². The summed E-state index contributed by atoms with van der Waals surface area (Å²) in [7, 11) is 1.74. The maximum atomic E-state index is 12.8. The Kier molecular flexibility index (Phi) is 5.76. The molecule has 0 fully saturated rings. The van der Waals surface area contributed by atoms with Crippen LogP contribution in [0.5, 0.6) is 0 Å². The Hall–Kier alpha value is -1.40. The normalized spacial score (nSPS) is 10.4. The fourth-order valence-corrected chi connectivity index (χ4v) is 2.66. The second-order valence-electron chi connectivity index (χ2n) is 4.48. The number of nitrogens with zero attached hydrogens (tertiary/aromatic N) is 2. The minimum atomic E-state index is -0.274. The number of hydrogen-bond donors (Lipinski definition) is 0. The van der Waals surface area contributed by atoms with Crippen molar-refractivity contribution >= 4 is 33.6 Å². The van der Waals surface area contributed by atoms with E-state index in [0.717, 1.165) is 15.1 Å². The van der Waals surface area contributed by atoms with Crippen LogP contribution < -0.4 is 0 Å². The van der Waals surface area contributed by atoms with Crippen molar-refractivity contribution in [1.29, 1.82) is 0 Å². The highest BCUT2D eigenvalue weighted by Gasteiger charge is 2.10. The van der Waals surface area contributed by atoms with Gasteiger partial charge in [-0.15, -0.1) is 0 Å². The van der Waals surface area contributed by atoms with Gasteiger partial charge in [0.05, 0.1) is 10.8 Å². The van der Waals surface area contributed by atoms with E-state index in [2.05, 4.69) is 20.9 Å². The summed E-state index contributed by atoms with van der Waals surface area (Å²) in [6.45, 7) is 0.466. The maximum Gasteiger partial charge on any atom is 0.233 e. The van der Waals surface area contributed by atoms with Crippen LogP contribution in [0.3, 0.4) is 0 Å². The van der Waals surface area contributed by atoms with Crippen LogP contribution in [0.15, 0.2) is 52.1 Å². The predicted octanol–water partition coefficient (Wildman–Crippen LogP) is 3.73. The van der Waals surface area contributed by atoms with Crippen molar-refractivity contribution in [3.8, 4) is 0 Å². The Morgan fingerprint density at radius 1 is 1.29 bits per heavy atom. The van der Waals surface area contributed by atoms with E-state index in [1.54, 1.807) is 30.3 Å². The van der Waals surface area contributed by atoms with Crippen molar-refractivity contribution in [1.82, 2.24) is 9.88 Å². The summed E-state index contributed by atoms with van der Waals surface area (Å²) in [5, 5.41) is 0.807. The molecule has 1 aromatic heterocycles. The molecule has 0 unspecified atom stereocenters. The van der Waals surface area contributed by atoms with Gasteiger partial charge in [-0.2, -0.15) is 0 Å². The van der Waals surface area contributed by atoms with Crippen molar-refractivity contribution in [3.63, 3.8) is 0 Å². The summed E-state index contributed by atoms with van der Waals surface area (Å²) < 4.78 is 13.7. The molecule has 6 heteroatoms. The lowest BCUT2D eigenvalue weighted by Crippen LogP contribution is -2.27. The smallest absolute Gasteiger partial charge is 0.233 e. The molecule has 1 amide bonds. The van der Waals surface area contributed by atoms with E-state index in [1.807, 2.05) is 12.1 Å².